The number of aryl methyl sites for hydroxylation is 1. The monoisotopic (exact) mass is 298 g/mol. The quantitative estimate of drug-likeness (QED) is 0.716. The van der Waals surface area contributed by atoms with E-state index in [1.54, 1.807) is 0 Å². The van der Waals surface area contributed by atoms with Crippen LogP contribution >= 0.6 is 0 Å². The fraction of sp³-hybridized carbons (Fsp3) is 0.500. The van der Waals surface area contributed by atoms with Gasteiger partial charge in [-0.05, 0) is 24.8 Å². The van der Waals surface area contributed by atoms with Crippen LogP contribution in [0.5, 0.6) is 0 Å². The van der Waals surface area contributed by atoms with Gasteiger partial charge in [0.05, 0.1) is 12.3 Å². The van der Waals surface area contributed by atoms with E-state index < -0.39 is 10.0 Å². The van der Waals surface area contributed by atoms with Crippen LogP contribution in [-0.4, -0.2) is 33.2 Å². The Bertz CT molecular complexity index is 500. The first-order valence-corrected chi connectivity index (χ1v) is 8.46. The molecule has 6 heteroatoms. The normalized spacial score (nSPS) is 11.2. The van der Waals surface area contributed by atoms with E-state index in [1.165, 1.54) is 0 Å². The third kappa shape index (κ3) is 7.25. The van der Waals surface area contributed by atoms with Crippen molar-refractivity contribution in [3.05, 3.63) is 35.9 Å². The van der Waals surface area contributed by atoms with Crippen LogP contribution in [0.25, 0.3) is 0 Å². The number of hydrogen-bond donors (Lipinski definition) is 2. The Morgan fingerprint density at radius 1 is 1.20 bits per heavy atom. The molecule has 0 radical (unpaired) electrons. The zero-order valence-electron chi connectivity index (χ0n) is 11.8. The molecule has 112 valence electrons. The molecule has 0 fully saturated rings. The van der Waals surface area contributed by atoms with Crippen LogP contribution in [0.1, 0.15) is 25.3 Å². The lowest BCUT2D eigenvalue weighted by atomic mass is 10.1. The highest BCUT2D eigenvalue weighted by Gasteiger charge is 2.11. The third-order valence-electron chi connectivity index (χ3n) is 2.75. The highest BCUT2D eigenvalue weighted by Crippen LogP contribution is 2.03. The molecule has 0 aliphatic carbocycles. The van der Waals surface area contributed by atoms with Crippen LogP contribution in [0.15, 0.2) is 30.3 Å². The summed E-state index contributed by atoms with van der Waals surface area (Å²) in [6.45, 7) is 2.32. The molecule has 0 aromatic heterocycles. The van der Waals surface area contributed by atoms with E-state index >= 15 is 0 Å². The predicted molar refractivity (Wildman–Crippen MR) is 79.9 cm³/mol. The Kier molecular flexibility index (Phi) is 7.25. The standard InChI is InChI=1S/C14H22N2O3S/c1-2-10-15-14(17)12-16-20(18,19)11-6-9-13-7-4-3-5-8-13/h3-5,7-8,16H,2,6,9-12H2,1H3,(H,15,17). The number of hydrogen-bond acceptors (Lipinski definition) is 3. The van der Waals surface area contributed by atoms with Gasteiger partial charge in [0, 0.05) is 6.54 Å². The van der Waals surface area contributed by atoms with Gasteiger partial charge in [-0.1, -0.05) is 37.3 Å². The van der Waals surface area contributed by atoms with Crippen molar-refractivity contribution in [2.75, 3.05) is 18.8 Å². The molecule has 0 saturated heterocycles. The Hall–Kier alpha value is -1.40. The molecular weight excluding hydrogens is 276 g/mol. The largest absolute Gasteiger partial charge is 0.355 e. The Balaban J connectivity index is 2.26. The first-order valence-electron chi connectivity index (χ1n) is 6.81. The molecule has 2 N–H and O–H groups in total. The second-order valence-corrected chi connectivity index (χ2v) is 6.51. The molecule has 0 atom stereocenters. The van der Waals surface area contributed by atoms with Gasteiger partial charge in [0.25, 0.3) is 0 Å². The molecule has 0 heterocycles. The van der Waals surface area contributed by atoms with Gasteiger partial charge in [-0.2, -0.15) is 0 Å². The molecule has 0 aliphatic heterocycles. The average molecular weight is 298 g/mol. The predicted octanol–water partition coefficient (Wildman–Crippen LogP) is 1.06. The summed E-state index contributed by atoms with van der Waals surface area (Å²) in [5.74, 6) is -0.262. The molecule has 1 rings (SSSR count). The molecule has 1 aromatic carbocycles. The first kappa shape index (κ1) is 16.7. The molecule has 20 heavy (non-hydrogen) atoms. The minimum atomic E-state index is -3.38. The van der Waals surface area contributed by atoms with E-state index in [0.717, 1.165) is 12.0 Å². The molecule has 1 aromatic rings. The van der Waals surface area contributed by atoms with E-state index in [2.05, 4.69) is 10.0 Å². The summed E-state index contributed by atoms with van der Waals surface area (Å²) in [6.07, 6.45) is 2.08. The maximum atomic E-state index is 11.7. The number of benzene rings is 1. The number of nitrogens with one attached hydrogen (secondary N) is 2. The fourth-order valence-electron chi connectivity index (χ4n) is 1.69. The molecule has 0 spiro atoms. The summed E-state index contributed by atoms with van der Waals surface area (Å²) >= 11 is 0. The summed E-state index contributed by atoms with van der Waals surface area (Å²) in [7, 11) is -3.38. The molecule has 0 saturated carbocycles. The van der Waals surface area contributed by atoms with Gasteiger partial charge in [-0.15, -0.1) is 0 Å². The van der Waals surface area contributed by atoms with Gasteiger partial charge >= 0.3 is 0 Å². The van der Waals surface area contributed by atoms with Crippen LogP contribution in [-0.2, 0) is 21.2 Å². The van der Waals surface area contributed by atoms with Crippen LogP contribution in [0.3, 0.4) is 0 Å². The highest BCUT2D eigenvalue weighted by atomic mass is 32.2. The SMILES string of the molecule is CCCNC(=O)CNS(=O)(=O)CCCc1ccccc1. The molecule has 1 amide bonds. The van der Waals surface area contributed by atoms with Gasteiger partial charge in [0.15, 0.2) is 0 Å². The number of sulfonamides is 1. The Morgan fingerprint density at radius 2 is 1.90 bits per heavy atom. The lowest BCUT2D eigenvalue weighted by Gasteiger charge is -2.07. The second-order valence-electron chi connectivity index (χ2n) is 4.58. The van der Waals surface area contributed by atoms with E-state index in [9.17, 15) is 13.2 Å². The number of carbonyl (C=O) groups excluding carboxylic acids is 1. The summed E-state index contributed by atoms with van der Waals surface area (Å²) in [5, 5.41) is 2.62. The lowest BCUT2D eigenvalue weighted by Crippen LogP contribution is -2.38. The molecule has 5 nitrogen and oxygen atoms in total. The van der Waals surface area contributed by atoms with Gasteiger partial charge in [0.2, 0.25) is 15.9 Å². The maximum Gasteiger partial charge on any atom is 0.235 e. The van der Waals surface area contributed by atoms with Gasteiger partial charge in [0.1, 0.15) is 0 Å². The summed E-state index contributed by atoms with van der Waals surface area (Å²) in [6, 6.07) is 9.73. The third-order valence-corrected chi connectivity index (χ3v) is 4.16. The Morgan fingerprint density at radius 3 is 2.55 bits per heavy atom. The van der Waals surface area contributed by atoms with E-state index in [1.807, 2.05) is 37.3 Å². The van der Waals surface area contributed by atoms with Crippen LogP contribution in [0.2, 0.25) is 0 Å². The zero-order valence-corrected chi connectivity index (χ0v) is 12.6. The van der Waals surface area contributed by atoms with Crippen molar-refractivity contribution in [2.24, 2.45) is 0 Å². The van der Waals surface area contributed by atoms with E-state index in [0.29, 0.717) is 19.4 Å². The van der Waals surface area contributed by atoms with Crippen molar-refractivity contribution in [2.45, 2.75) is 26.2 Å². The molecule has 0 aliphatic rings. The minimum absolute atomic E-state index is 0.0307. The van der Waals surface area contributed by atoms with Crippen molar-refractivity contribution in [1.29, 1.82) is 0 Å². The maximum absolute atomic E-state index is 11.7. The average Bonchev–Trinajstić information content (AvgIpc) is 2.44. The molecular formula is C14H22N2O3S. The first-order chi connectivity index (χ1) is 9.53. The fourth-order valence-corrected chi connectivity index (χ4v) is 2.71. The van der Waals surface area contributed by atoms with Crippen LogP contribution in [0.4, 0.5) is 0 Å². The number of rotatable bonds is 9. The van der Waals surface area contributed by atoms with E-state index in [4.69, 9.17) is 0 Å². The van der Waals surface area contributed by atoms with Crippen molar-refractivity contribution >= 4 is 15.9 Å². The number of amides is 1. The summed E-state index contributed by atoms with van der Waals surface area (Å²) in [5.41, 5.74) is 1.11. The zero-order chi connectivity index (χ0) is 14.8. The van der Waals surface area contributed by atoms with Gasteiger partial charge < -0.3 is 5.32 Å². The van der Waals surface area contributed by atoms with Crippen LogP contribution in [0, 0.1) is 0 Å². The smallest absolute Gasteiger partial charge is 0.235 e. The van der Waals surface area contributed by atoms with E-state index in [-0.39, 0.29) is 18.2 Å². The van der Waals surface area contributed by atoms with Gasteiger partial charge in [-0.25, -0.2) is 13.1 Å². The lowest BCUT2D eigenvalue weighted by molar-refractivity contribution is -0.119. The van der Waals surface area contributed by atoms with Crippen molar-refractivity contribution < 1.29 is 13.2 Å². The van der Waals surface area contributed by atoms with Gasteiger partial charge in [-0.3, -0.25) is 4.79 Å². The Labute approximate surface area is 120 Å². The summed E-state index contributed by atoms with van der Waals surface area (Å²) in [4.78, 5) is 11.3. The van der Waals surface area contributed by atoms with Crippen molar-refractivity contribution in [3.8, 4) is 0 Å². The molecule has 0 unspecified atom stereocenters. The highest BCUT2D eigenvalue weighted by molar-refractivity contribution is 7.89. The summed E-state index contributed by atoms with van der Waals surface area (Å²) < 4.78 is 25.7. The van der Waals surface area contributed by atoms with Crippen LogP contribution < -0.4 is 10.0 Å². The second kappa shape index (κ2) is 8.71. The minimum Gasteiger partial charge on any atom is -0.355 e. The van der Waals surface area contributed by atoms with Crippen molar-refractivity contribution in [3.63, 3.8) is 0 Å². The number of carbonyl (C=O) groups is 1. The van der Waals surface area contributed by atoms with Crippen molar-refractivity contribution in [1.82, 2.24) is 10.0 Å². The molecule has 0 bridgehead atoms. The topological polar surface area (TPSA) is 75.3 Å².